The number of aromatic amines is 1. The molecule has 1 fully saturated rings. The lowest BCUT2D eigenvalue weighted by atomic mass is 9.89. The van der Waals surface area contributed by atoms with Crippen LogP contribution >= 0.6 is 11.3 Å². The highest BCUT2D eigenvalue weighted by Crippen LogP contribution is 2.32. The number of likely N-dealkylation sites (tertiary alicyclic amines) is 1. The summed E-state index contributed by atoms with van der Waals surface area (Å²) in [6.45, 7) is 6.01. The molecule has 5 heterocycles. The van der Waals surface area contributed by atoms with Crippen molar-refractivity contribution in [1.82, 2.24) is 19.4 Å². The molecule has 0 saturated carbocycles. The molecule has 3 aromatic heterocycles. The Kier molecular flexibility index (Phi) is 5.12. The Labute approximate surface area is 191 Å². The van der Waals surface area contributed by atoms with Gasteiger partial charge in [0.15, 0.2) is 0 Å². The van der Waals surface area contributed by atoms with Crippen LogP contribution in [0.2, 0.25) is 0 Å². The lowest BCUT2D eigenvalue weighted by Gasteiger charge is -2.29. The maximum atomic E-state index is 13.3. The molecular formula is C25H30N5OS+. The van der Waals surface area contributed by atoms with E-state index in [9.17, 15) is 4.79 Å². The van der Waals surface area contributed by atoms with E-state index in [1.165, 1.54) is 39.7 Å². The van der Waals surface area contributed by atoms with Gasteiger partial charge in [-0.3, -0.25) is 9.36 Å². The number of aromatic nitrogens is 3. The van der Waals surface area contributed by atoms with Gasteiger partial charge in [-0.05, 0) is 36.6 Å². The van der Waals surface area contributed by atoms with Crippen molar-refractivity contribution in [3.63, 3.8) is 0 Å². The first kappa shape index (κ1) is 20.1. The number of hydrogen-bond donors (Lipinski definition) is 2. The first-order valence-electron chi connectivity index (χ1n) is 11.7. The lowest BCUT2D eigenvalue weighted by Crippen LogP contribution is -3.13. The van der Waals surface area contributed by atoms with Crippen LogP contribution in [0.25, 0.3) is 21.1 Å². The molecule has 6 nitrogen and oxygen atoms in total. The summed E-state index contributed by atoms with van der Waals surface area (Å²) in [5.41, 5.74) is 4.12. The van der Waals surface area contributed by atoms with E-state index in [0.717, 1.165) is 55.9 Å². The number of likely N-dealkylation sites (N-methyl/N-ethyl adjacent to an activating group) is 1. The summed E-state index contributed by atoms with van der Waals surface area (Å²) in [7, 11) is 2.14. The van der Waals surface area contributed by atoms with Crippen molar-refractivity contribution in [3.8, 4) is 0 Å². The Morgan fingerprint density at radius 1 is 1.25 bits per heavy atom. The molecule has 4 aromatic rings. The van der Waals surface area contributed by atoms with E-state index in [1.807, 2.05) is 4.57 Å². The molecule has 7 heteroatoms. The number of quaternary nitrogens is 1. The summed E-state index contributed by atoms with van der Waals surface area (Å²) in [5, 5.41) is 2.26. The van der Waals surface area contributed by atoms with Gasteiger partial charge >= 0.3 is 0 Å². The number of rotatable bonds is 4. The molecule has 2 aliphatic heterocycles. The number of nitrogens with one attached hydrogen (secondary N) is 2. The van der Waals surface area contributed by atoms with Crippen molar-refractivity contribution < 1.29 is 4.90 Å². The number of H-pyrrole nitrogens is 1. The van der Waals surface area contributed by atoms with Gasteiger partial charge in [0.05, 0.1) is 37.9 Å². The zero-order valence-electron chi connectivity index (χ0n) is 18.6. The highest BCUT2D eigenvalue weighted by atomic mass is 32.1. The third-order valence-corrected chi connectivity index (χ3v) is 8.60. The SMILES string of the molecule is CN1CCc2c(sc3ncn(CC[NH+]4CCC(c5c[nH]c6ccccc56)CC4)c(=O)c23)C1. The maximum Gasteiger partial charge on any atom is 0.262 e. The molecule has 0 radical (unpaired) electrons. The van der Waals surface area contributed by atoms with Crippen molar-refractivity contribution in [2.75, 3.05) is 33.2 Å². The number of benzene rings is 1. The Balaban J connectivity index is 1.13. The zero-order valence-corrected chi connectivity index (χ0v) is 19.4. The number of fused-ring (bicyclic) bond motifs is 4. The van der Waals surface area contributed by atoms with Crippen LogP contribution in [0.3, 0.4) is 0 Å². The summed E-state index contributed by atoms with van der Waals surface area (Å²) in [5.74, 6) is 0.631. The number of piperidine rings is 1. The zero-order chi connectivity index (χ0) is 21.7. The lowest BCUT2D eigenvalue weighted by molar-refractivity contribution is -0.906. The average Bonchev–Trinajstić information content (AvgIpc) is 3.40. The van der Waals surface area contributed by atoms with Gasteiger partial charge in [0.25, 0.3) is 5.56 Å². The number of hydrogen-bond acceptors (Lipinski definition) is 4. The normalized spacial score (nSPS) is 21.9. The van der Waals surface area contributed by atoms with Crippen LogP contribution < -0.4 is 10.5 Å². The van der Waals surface area contributed by atoms with Crippen LogP contribution in [-0.4, -0.2) is 52.7 Å². The average molecular weight is 449 g/mol. The van der Waals surface area contributed by atoms with E-state index in [2.05, 4.69) is 52.4 Å². The van der Waals surface area contributed by atoms with Crippen LogP contribution in [0.15, 0.2) is 41.6 Å². The molecule has 1 saturated heterocycles. The number of nitrogens with zero attached hydrogens (tertiary/aromatic N) is 3. The Hall–Kier alpha value is -2.48. The van der Waals surface area contributed by atoms with Crippen molar-refractivity contribution in [2.45, 2.75) is 38.3 Å². The first-order valence-corrected chi connectivity index (χ1v) is 12.6. The van der Waals surface area contributed by atoms with E-state index >= 15 is 0 Å². The summed E-state index contributed by atoms with van der Waals surface area (Å²) in [4.78, 5) is 27.5. The largest absolute Gasteiger partial charge is 0.361 e. The Morgan fingerprint density at radius 3 is 2.97 bits per heavy atom. The van der Waals surface area contributed by atoms with Gasteiger partial charge in [-0.15, -0.1) is 11.3 Å². The molecular weight excluding hydrogens is 418 g/mol. The van der Waals surface area contributed by atoms with E-state index in [0.29, 0.717) is 5.92 Å². The molecule has 2 aliphatic rings. The minimum absolute atomic E-state index is 0.158. The van der Waals surface area contributed by atoms with Gasteiger partial charge in [-0.1, -0.05) is 18.2 Å². The highest BCUT2D eigenvalue weighted by Gasteiger charge is 2.26. The van der Waals surface area contributed by atoms with Crippen molar-refractivity contribution in [3.05, 3.63) is 63.1 Å². The smallest absolute Gasteiger partial charge is 0.262 e. The predicted octanol–water partition coefficient (Wildman–Crippen LogP) is 2.39. The van der Waals surface area contributed by atoms with E-state index in [-0.39, 0.29) is 5.56 Å². The fourth-order valence-electron chi connectivity index (χ4n) is 5.60. The van der Waals surface area contributed by atoms with Crippen LogP contribution in [0, 0.1) is 0 Å². The van der Waals surface area contributed by atoms with Crippen LogP contribution in [0.4, 0.5) is 0 Å². The second-order valence-electron chi connectivity index (χ2n) is 9.48. The van der Waals surface area contributed by atoms with E-state index < -0.39 is 0 Å². The fraction of sp³-hybridized carbons (Fsp3) is 0.440. The topological polar surface area (TPSA) is 58.4 Å². The first-order chi connectivity index (χ1) is 15.7. The summed E-state index contributed by atoms with van der Waals surface area (Å²) >= 11 is 1.70. The van der Waals surface area contributed by atoms with Crippen LogP contribution in [0.5, 0.6) is 0 Å². The second kappa shape index (κ2) is 8.14. The van der Waals surface area contributed by atoms with E-state index in [4.69, 9.17) is 0 Å². The number of thiophene rings is 1. The van der Waals surface area contributed by atoms with Crippen molar-refractivity contribution in [1.29, 1.82) is 0 Å². The highest BCUT2D eigenvalue weighted by molar-refractivity contribution is 7.18. The fourth-order valence-corrected chi connectivity index (χ4v) is 6.86. The standard InChI is InChI=1S/C25H29N5OS/c1-28-9-8-19-22(15-28)32-24-23(19)25(31)30(16-27-24)13-12-29-10-6-17(7-11-29)20-14-26-21-5-3-2-4-18(20)21/h2-5,14,16-17,26H,6-13,15H2,1H3/p+1. The Bertz CT molecular complexity index is 1330. The predicted molar refractivity (Wildman–Crippen MR) is 130 cm³/mol. The van der Waals surface area contributed by atoms with Crippen LogP contribution in [-0.2, 0) is 19.5 Å². The molecule has 0 unspecified atom stereocenters. The third-order valence-electron chi connectivity index (χ3n) is 7.48. The molecule has 1 aromatic carbocycles. The van der Waals surface area contributed by atoms with Gasteiger partial charge in [-0.25, -0.2) is 4.98 Å². The molecule has 0 spiro atoms. The molecule has 6 rings (SSSR count). The Morgan fingerprint density at radius 2 is 2.09 bits per heavy atom. The molecule has 0 atom stereocenters. The molecule has 166 valence electrons. The quantitative estimate of drug-likeness (QED) is 0.504. The minimum Gasteiger partial charge on any atom is -0.361 e. The third kappa shape index (κ3) is 3.49. The van der Waals surface area contributed by atoms with Gasteiger partial charge in [0.1, 0.15) is 4.83 Å². The molecule has 32 heavy (non-hydrogen) atoms. The van der Waals surface area contributed by atoms with Gasteiger partial charge in [0.2, 0.25) is 0 Å². The number of para-hydroxylation sites is 1. The van der Waals surface area contributed by atoms with Gasteiger partial charge in [-0.2, -0.15) is 0 Å². The van der Waals surface area contributed by atoms with Gasteiger partial charge in [0, 0.05) is 47.9 Å². The van der Waals surface area contributed by atoms with Crippen LogP contribution in [0.1, 0.15) is 34.8 Å². The minimum atomic E-state index is 0.158. The second-order valence-corrected chi connectivity index (χ2v) is 10.6. The molecule has 2 N–H and O–H groups in total. The van der Waals surface area contributed by atoms with Crippen molar-refractivity contribution >= 4 is 32.5 Å². The van der Waals surface area contributed by atoms with Crippen molar-refractivity contribution in [2.24, 2.45) is 0 Å². The van der Waals surface area contributed by atoms with Gasteiger partial charge < -0.3 is 14.8 Å². The summed E-state index contributed by atoms with van der Waals surface area (Å²) in [6, 6.07) is 8.61. The molecule has 0 aliphatic carbocycles. The summed E-state index contributed by atoms with van der Waals surface area (Å²) < 4.78 is 1.85. The maximum absolute atomic E-state index is 13.3. The monoisotopic (exact) mass is 448 g/mol. The summed E-state index contributed by atoms with van der Waals surface area (Å²) in [6.07, 6.45) is 7.34. The molecule has 0 bridgehead atoms. The molecule has 0 amide bonds. The van der Waals surface area contributed by atoms with E-state index in [1.54, 1.807) is 22.6 Å².